The third-order valence-corrected chi connectivity index (χ3v) is 3.06. The normalized spacial score (nSPS) is 11.0. The molecule has 3 aromatic rings. The fourth-order valence-corrected chi connectivity index (χ4v) is 2.02. The molecule has 1 aromatic heterocycles. The average Bonchev–Trinajstić information content (AvgIpc) is 2.97. The Morgan fingerprint density at radius 3 is 2.50 bits per heavy atom. The van der Waals surface area contributed by atoms with E-state index in [1.54, 1.807) is 18.2 Å². The molecule has 0 fully saturated rings. The maximum Gasteiger partial charge on any atom is 0.416 e. The first-order valence-corrected chi connectivity index (χ1v) is 6.23. The Morgan fingerprint density at radius 1 is 1.05 bits per heavy atom. The summed E-state index contributed by atoms with van der Waals surface area (Å²) >= 11 is 0. The third kappa shape index (κ3) is 3.47. The Morgan fingerprint density at radius 2 is 1.82 bits per heavy atom. The number of nitrogens with one attached hydrogen (secondary N) is 1. The molecular formula is C16H10F3N2W-. The maximum absolute atomic E-state index is 12.7. The predicted molar refractivity (Wildman–Crippen MR) is 73.3 cm³/mol. The summed E-state index contributed by atoms with van der Waals surface area (Å²) in [6, 6.07) is 15.3. The number of halogens is 3. The van der Waals surface area contributed by atoms with Crippen LogP contribution in [0.3, 0.4) is 0 Å². The summed E-state index contributed by atoms with van der Waals surface area (Å²) in [5.41, 5.74) is 1.14. The van der Waals surface area contributed by atoms with E-state index in [1.165, 1.54) is 12.3 Å². The van der Waals surface area contributed by atoms with Crippen molar-refractivity contribution in [1.29, 1.82) is 0 Å². The minimum atomic E-state index is -4.35. The van der Waals surface area contributed by atoms with Crippen LogP contribution >= 0.6 is 0 Å². The van der Waals surface area contributed by atoms with Gasteiger partial charge in [0.15, 0.2) is 0 Å². The van der Waals surface area contributed by atoms with E-state index < -0.39 is 11.7 Å². The summed E-state index contributed by atoms with van der Waals surface area (Å²) in [4.78, 5) is 7.22. The van der Waals surface area contributed by atoms with Gasteiger partial charge in [0.2, 0.25) is 0 Å². The van der Waals surface area contributed by atoms with Crippen molar-refractivity contribution in [2.24, 2.45) is 0 Å². The molecule has 2 aromatic carbocycles. The zero-order valence-corrected chi connectivity index (χ0v) is 14.1. The minimum Gasteiger partial charge on any atom is -0.348 e. The van der Waals surface area contributed by atoms with E-state index in [-0.39, 0.29) is 21.1 Å². The molecule has 0 radical (unpaired) electrons. The third-order valence-electron chi connectivity index (χ3n) is 3.06. The molecule has 1 heterocycles. The summed E-state index contributed by atoms with van der Waals surface area (Å²) in [6.07, 6.45) is -2.83. The fraction of sp³-hybridized carbons (Fsp3) is 0.0625. The summed E-state index contributed by atoms with van der Waals surface area (Å²) in [6.45, 7) is 0. The number of alkyl halides is 3. The minimum absolute atomic E-state index is 0. The first-order valence-electron chi connectivity index (χ1n) is 6.23. The quantitative estimate of drug-likeness (QED) is 0.546. The van der Waals surface area contributed by atoms with E-state index in [2.05, 4.69) is 16.0 Å². The number of rotatable bonds is 2. The summed E-state index contributed by atoms with van der Waals surface area (Å²) in [5.74, 6) is 0.597. The topological polar surface area (TPSA) is 28.7 Å². The van der Waals surface area contributed by atoms with Crippen LogP contribution in [0.2, 0.25) is 0 Å². The van der Waals surface area contributed by atoms with Gasteiger partial charge in [-0.3, -0.25) is 0 Å². The van der Waals surface area contributed by atoms with Crippen molar-refractivity contribution in [2.75, 3.05) is 0 Å². The van der Waals surface area contributed by atoms with Crippen molar-refractivity contribution >= 4 is 0 Å². The Hall–Kier alpha value is -1.87. The van der Waals surface area contributed by atoms with E-state index in [9.17, 15) is 13.2 Å². The molecule has 0 bridgehead atoms. The van der Waals surface area contributed by atoms with Crippen molar-refractivity contribution in [3.63, 3.8) is 0 Å². The van der Waals surface area contributed by atoms with Gasteiger partial charge in [-0.1, -0.05) is 17.7 Å². The zero-order chi connectivity index (χ0) is 14.9. The molecule has 0 spiro atoms. The molecule has 0 saturated heterocycles. The molecule has 112 valence electrons. The van der Waals surface area contributed by atoms with E-state index in [1.807, 2.05) is 12.1 Å². The van der Waals surface area contributed by atoms with Gasteiger partial charge in [-0.2, -0.15) is 43.5 Å². The van der Waals surface area contributed by atoms with Crippen LogP contribution in [0.5, 0.6) is 0 Å². The van der Waals surface area contributed by atoms with E-state index in [0.29, 0.717) is 17.1 Å². The number of hydrogen-bond acceptors (Lipinski definition) is 1. The number of benzene rings is 2. The van der Waals surface area contributed by atoms with Crippen molar-refractivity contribution in [1.82, 2.24) is 9.97 Å². The Labute approximate surface area is 139 Å². The predicted octanol–water partition coefficient (Wildman–Crippen LogP) is 4.56. The van der Waals surface area contributed by atoms with Gasteiger partial charge in [-0.15, -0.1) is 0 Å². The van der Waals surface area contributed by atoms with Gasteiger partial charge < -0.3 is 4.98 Å². The number of H-pyrrole nitrogens is 1. The van der Waals surface area contributed by atoms with Gasteiger partial charge in [-0.05, 0) is 12.1 Å². The molecule has 0 aliphatic rings. The molecule has 3 rings (SSSR count). The van der Waals surface area contributed by atoms with Crippen LogP contribution < -0.4 is 0 Å². The largest absolute Gasteiger partial charge is 0.416 e. The van der Waals surface area contributed by atoms with Gasteiger partial charge in [-0.25, -0.2) is 4.98 Å². The Bertz CT molecular complexity index is 751. The van der Waals surface area contributed by atoms with Gasteiger partial charge in [0.25, 0.3) is 0 Å². The number of imidazole rings is 1. The van der Waals surface area contributed by atoms with Gasteiger partial charge in [0, 0.05) is 26.6 Å². The van der Waals surface area contributed by atoms with Crippen molar-refractivity contribution in [2.45, 2.75) is 6.18 Å². The molecule has 0 atom stereocenters. The Kier molecular flexibility index (Phi) is 4.87. The van der Waals surface area contributed by atoms with Gasteiger partial charge >= 0.3 is 6.18 Å². The molecule has 0 saturated carbocycles. The molecule has 0 amide bonds. The molecule has 22 heavy (non-hydrogen) atoms. The first-order chi connectivity index (χ1) is 10.0. The van der Waals surface area contributed by atoms with E-state index in [4.69, 9.17) is 0 Å². The number of aromatic amines is 1. The summed E-state index contributed by atoms with van der Waals surface area (Å²) in [7, 11) is 0. The second-order valence-corrected chi connectivity index (χ2v) is 4.52. The number of nitrogens with zero attached hydrogens (tertiary/aromatic N) is 1. The van der Waals surface area contributed by atoms with Crippen LogP contribution in [-0.2, 0) is 27.2 Å². The van der Waals surface area contributed by atoms with Crippen LogP contribution in [0, 0.1) is 6.07 Å². The maximum atomic E-state index is 12.7. The van der Waals surface area contributed by atoms with Crippen LogP contribution in [0.4, 0.5) is 13.2 Å². The molecular weight excluding hydrogens is 461 g/mol. The van der Waals surface area contributed by atoms with Crippen LogP contribution in [0.25, 0.3) is 22.6 Å². The fourth-order valence-electron chi connectivity index (χ4n) is 2.02. The van der Waals surface area contributed by atoms with Gasteiger partial charge in [0.05, 0.1) is 23.3 Å². The smallest absolute Gasteiger partial charge is 0.348 e. The van der Waals surface area contributed by atoms with Gasteiger partial charge in [0.1, 0.15) is 0 Å². The number of hydrogen-bond donors (Lipinski definition) is 1. The molecule has 0 unspecified atom stereocenters. The second kappa shape index (κ2) is 6.49. The second-order valence-electron chi connectivity index (χ2n) is 4.52. The number of aromatic nitrogens is 2. The first kappa shape index (κ1) is 16.5. The standard InChI is InChI=1S/C16H10F3N2.W/c17-16(18,19)13-8-4-7-12(9-13)14-10-20-15(21-14)11-5-2-1-3-6-11;/h1-2,4-10H,(H,20,21);/q-1;. The SMILES string of the molecule is FC(F)(F)c1cccc(-c2cnc(-c3c[c-]ccc3)[nH]2)c1.[W]. The molecule has 6 heteroatoms. The summed E-state index contributed by atoms with van der Waals surface area (Å²) in [5, 5.41) is 0. The van der Waals surface area contributed by atoms with Crippen LogP contribution in [0.1, 0.15) is 5.56 Å². The monoisotopic (exact) mass is 471 g/mol. The van der Waals surface area contributed by atoms with E-state index >= 15 is 0 Å². The Balaban J connectivity index is 0.00000176. The van der Waals surface area contributed by atoms with Crippen LogP contribution in [-0.4, -0.2) is 9.97 Å². The van der Waals surface area contributed by atoms with Crippen molar-refractivity contribution < 1.29 is 34.2 Å². The molecule has 2 nitrogen and oxygen atoms in total. The van der Waals surface area contributed by atoms with Crippen LogP contribution in [0.15, 0.2) is 54.7 Å². The summed E-state index contributed by atoms with van der Waals surface area (Å²) < 4.78 is 38.2. The molecule has 0 aliphatic heterocycles. The zero-order valence-electron chi connectivity index (χ0n) is 11.2. The van der Waals surface area contributed by atoms with Crippen molar-refractivity contribution in [3.05, 3.63) is 66.4 Å². The van der Waals surface area contributed by atoms with Crippen molar-refractivity contribution in [3.8, 4) is 22.6 Å². The molecule has 0 aliphatic carbocycles. The average molecular weight is 471 g/mol. The van der Waals surface area contributed by atoms with E-state index in [0.717, 1.165) is 17.7 Å². The molecule has 1 N–H and O–H groups in total.